The van der Waals surface area contributed by atoms with Crippen LogP contribution in [0.15, 0.2) is 60.9 Å². The predicted octanol–water partition coefficient (Wildman–Crippen LogP) is 3.62. The Bertz CT molecular complexity index is 964. The van der Waals surface area contributed by atoms with Crippen LogP contribution in [0, 0.1) is 11.3 Å². The molecule has 0 atom stereocenters. The summed E-state index contributed by atoms with van der Waals surface area (Å²) in [5.41, 5.74) is 2.38. The van der Waals surface area contributed by atoms with Crippen LogP contribution < -0.4 is 10.6 Å². The van der Waals surface area contributed by atoms with E-state index >= 15 is 0 Å². The van der Waals surface area contributed by atoms with Crippen molar-refractivity contribution in [1.29, 1.82) is 5.26 Å². The fraction of sp³-hybridized carbons (Fsp3) is 0.0526. The molecule has 0 aliphatic heterocycles. The lowest BCUT2D eigenvalue weighted by molar-refractivity contribution is 0.0602. The largest absolute Gasteiger partial charge is 0.465 e. The molecule has 0 saturated heterocycles. The van der Waals surface area contributed by atoms with E-state index in [1.807, 2.05) is 6.07 Å². The predicted molar refractivity (Wildman–Crippen MR) is 97.5 cm³/mol. The van der Waals surface area contributed by atoms with Gasteiger partial charge in [-0.15, -0.1) is 0 Å². The molecule has 1 aromatic heterocycles. The fourth-order valence-electron chi connectivity index (χ4n) is 2.29. The number of ether oxygens (including phenoxy) is 1. The summed E-state index contributed by atoms with van der Waals surface area (Å²) >= 11 is 0. The molecule has 0 unspecified atom stereocenters. The standard InChI is InChI=1S/C19H15N5O2/c1-26-19(25)15-4-2-3-5-16(15)24-18-10-17(21-12-22-18)23-14-8-6-13(11-20)7-9-14/h2-10,12H,1H3,(H2,21,22,23,24). The van der Waals surface area contributed by atoms with Crippen molar-refractivity contribution in [2.75, 3.05) is 17.7 Å². The minimum atomic E-state index is -0.432. The number of methoxy groups -OCH3 is 1. The van der Waals surface area contributed by atoms with E-state index in [-0.39, 0.29) is 0 Å². The Hall–Kier alpha value is -3.92. The van der Waals surface area contributed by atoms with E-state index in [0.717, 1.165) is 5.69 Å². The van der Waals surface area contributed by atoms with Crippen molar-refractivity contribution >= 4 is 29.0 Å². The quantitative estimate of drug-likeness (QED) is 0.681. The molecule has 2 aromatic carbocycles. The van der Waals surface area contributed by atoms with Gasteiger partial charge in [-0.25, -0.2) is 14.8 Å². The lowest BCUT2D eigenvalue weighted by atomic mass is 10.2. The molecule has 7 heteroatoms. The van der Waals surface area contributed by atoms with Crippen molar-refractivity contribution in [3.05, 3.63) is 72.1 Å². The zero-order valence-corrected chi connectivity index (χ0v) is 13.9. The van der Waals surface area contributed by atoms with E-state index in [1.165, 1.54) is 13.4 Å². The maximum Gasteiger partial charge on any atom is 0.339 e. The molecule has 26 heavy (non-hydrogen) atoms. The van der Waals surface area contributed by atoms with Gasteiger partial charge in [-0.2, -0.15) is 5.26 Å². The van der Waals surface area contributed by atoms with Gasteiger partial charge in [0.05, 0.1) is 30.0 Å². The monoisotopic (exact) mass is 345 g/mol. The van der Waals surface area contributed by atoms with Gasteiger partial charge in [-0.3, -0.25) is 0 Å². The Balaban J connectivity index is 1.80. The lowest BCUT2D eigenvalue weighted by Gasteiger charge is -2.11. The second kappa shape index (κ2) is 7.77. The van der Waals surface area contributed by atoms with Crippen LogP contribution in [0.25, 0.3) is 0 Å². The number of nitrogens with zero attached hydrogens (tertiary/aromatic N) is 3. The molecule has 0 fully saturated rings. The summed E-state index contributed by atoms with van der Waals surface area (Å²) in [6, 6.07) is 17.8. The number of carbonyl (C=O) groups excluding carboxylic acids is 1. The molecule has 0 bridgehead atoms. The molecule has 0 amide bonds. The number of esters is 1. The van der Waals surface area contributed by atoms with Gasteiger partial charge in [0.2, 0.25) is 0 Å². The van der Waals surface area contributed by atoms with Crippen LogP contribution in [0.3, 0.4) is 0 Å². The van der Waals surface area contributed by atoms with Crippen LogP contribution in [0.1, 0.15) is 15.9 Å². The molecule has 0 aliphatic carbocycles. The summed E-state index contributed by atoms with van der Waals surface area (Å²) in [6.45, 7) is 0. The summed E-state index contributed by atoms with van der Waals surface area (Å²) in [4.78, 5) is 20.2. The molecule has 0 radical (unpaired) electrons. The number of carbonyl (C=O) groups is 1. The van der Waals surface area contributed by atoms with Crippen LogP contribution in [0.5, 0.6) is 0 Å². The van der Waals surface area contributed by atoms with Gasteiger partial charge in [0.1, 0.15) is 18.0 Å². The van der Waals surface area contributed by atoms with Crippen molar-refractivity contribution in [1.82, 2.24) is 9.97 Å². The highest BCUT2D eigenvalue weighted by molar-refractivity contribution is 5.96. The molecule has 7 nitrogen and oxygen atoms in total. The van der Waals surface area contributed by atoms with E-state index in [2.05, 4.69) is 26.7 Å². The molecule has 0 aliphatic rings. The number of nitriles is 1. The van der Waals surface area contributed by atoms with E-state index in [0.29, 0.717) is 28.5 Å². The summed E-state index contributed by atoms with van der Waals surface area (Å²) in [7, 11) is 1.34. The van der Waals surface area contributed by atoms with Crippen molar-refractivity contribution in [2.24, 2.45) is 0 Å². The third-order valence-electron chi connectivity index (χ3n) is 3.55. The van der Waals surface area contributed by atoms with Crippen molar-refractivity contribution < 1.29 is 9.53 Å². The highest BCUT2D eigenvalue weighted by Crippen LogP contribution is 2.22. The number of rotatable bonds is 5. The van der Waals surface area contributed by atoms with Gasteiger partial charge >= 0.3 is 5.97 Å². The van der Waals surface area contributed by atoms with Crippen molar-refractivity contribution in [3.63, 3.8) is 0 Å². The van der Waals surface area contributed by atoms with Crippen molar-refractivity contribution in [2.45, 2.75) is 0 Å². The number of hydrogen-bond acceptors (Lipinski definition) is 7. The van der Waals surface area contributed by atoms with E-state index in [1.54, 1.807) is 48.5 Å². The zero-order valence-electron chi connectivity index (χ0n) is 13.9. The topological polar surface area (TPSA) is 99.9 Å². The first-order chi connectivity index (χ1) is 12.7. The Morgan fingerprint density at radius 1 is 1.04 bits per heavy atom. The minimum Gasteiger partial charge on any atom is -0.465 e. The summed E-state index contributed by atoms with van der Waals surface area (Å²) in [5, 5.41) is 15.1. The number of nitrogens with one attached hydrogen (secondary N) is 2. The average molecular weight is 345 g/mol. The van der Waals surface area contributed by atoms with Crippen LogP contribution >= 0.6 is 0 Å². The molecule has 3 aromatic rings. The number of hydrogen-bond donors (Lipinski definition) is 2. The molecule has 1 heterocycles. The first-order valence-corrected chi connectivity index (χ1v) is 7.73. The van der Waals surface area contributed by atoms with E-state index in [9.17, 15) is 4.79 Å². The first kappa shape index (κ1) is 16.9. The SMILES string of the molecule is COC(=O)c1ccccc1Nc1cc(Nc2ccc(C#N)cc2)ncn1. The number of benzene rings is 2. The summed E-state index contributed by atoms with van der Waals surface area (Å²) < 4.78 is 4.79. The Morgan fingerprint density at radius 3 is 2.42 bits per heavy atom. The van der Waals surface area contributed by atoms with Crippen LogP contribution in [-0.2, 0) is 4.74 Å². The smallest absolute Gasteiger partial charge is 0.339 e. The third kappa shape index (κ3) is 3.94. The van der Waals surface area contributed by atoms with Gasteiger partial charge in [0.15, 0.2) is 0 Å². The fourth-order valence-corrected chi connectivity index (χ4v) is 2.29. The maximum absolute atomic E-state index is 11.9. The highest BCUT2D eigenvalue weighted by atomic mass is 16.5. The Labute approximate surface area is 150 Å². The van der Waals surface area contributed by atoms with Gasteiger partial charge < -0.3 is 15.4 Å². The van der Waals surface area contributed by atoms with Crippen LogP contribution in [0.2, 0.25) is 0 Å². The van der Waals surface area contributed by atoms with Gasteiger partial charge in [-0.05, 0) is 36.4 Å². The van der Waals surface area contributed by atoms with Gasteiger partial charge in [0.25, 0.3) is 0 Å². The number of anilines is 4. The third-order valence-corrected chi connectivity index (χ3v) is 3.55. The Morgan fingerprint density at radius 2 is 1.73 bits per heavy atom. The zero-order chi connectivity index (χ0) is 18.4. The van der Waals surface area contributed by atoms with E-state index < -0.39 is 5.97 Å². The lowest BCUT2D eigenvalue weighted by Crippen LogP contribution is -2.06. The normalized spacial score (nSPS) is 9.85. The second-order valence-electron chi connectivity index (χ2n) is 5.26. The number of para-hydroxylation sites is 1. The Kier molecular flexibility index (Phi) is 5.05. The molecular formula is C19H15N5O2. The second-order valence-corrected chi connectivity index (χ2v) is 5.26. The minimum absolute atomic E-state index is 0.412. The number of aromatic nitrogens is 2. The molecule has 2 N–H and O–H groups in total. The van der Waals surface area contributed by atoms with Gasteiger partial charge in [0, 0.05) is 11.8 Å². The van der Waals surface area contributed by atoms with Crippen molar-refractivity contribution in [3.8, 4) is 6.07 Å². The maximum atomic E-state index is 11.9. The summed E-state index contributed by atoms with van der Waals surface area (Å²) in [6.07, 6.45) is 1.41. The molecule has 3 rings (SSSR count). The molecule has 128 valence electrons. The molecule has 0 spiro atoms. The first-order valence-electron chi connectivity index (χ1n) is 7.73. The van der Waals surface area contributed by atoms with Crippen LogP contribution in [-0.4, -0.2) is 23.0 Å². The van der Waals surface area contributed by atoms with E-state index in [4.69, 9.17) is 10.00 Å². The average Bonchev–Trinajstić information content (AvgIpc) is 2.69. The molecule has 0 saturated carbocycles. The summed E-state index contributed by atoms with van der Waals surface area (Å²) in [5.74, 6) is 0.661. The van der Waals surface area contributed by atoms with Crippen LogP contribution in [0.4, 0.5) is 23.0 Å². The highest BCUT2D eigenvalue weighted by Gasteiger charge is 2.11. The molecular weight excluding hydrogens is 330 g/mol. The van der Waals surface area contributed by atoms with Gasteiger partial charge in [-0.1, -0.05) is 12.1 Å².